The number of aryl methyl sites for hydroxylation is 2. The molecular formula is C12H19N5O3S. The summed E-state index contributed by atoms with van der Waals surface area (Å²) in [5.74, 6) is 0. The Balaban J connectivity index is 1.90. The third-order valence-corrected chi connectivity index (χ3v) is 4.34. The van der Waals surface area contributed by atoms with Crippen LogP contribution in [0, 0.1) is 0 Å². The Morgan fingerprint density at radius 3 is 2.76 bits per heavy atom. The first-order valence-corrected chi connectivity index (χ1v) is 8.10. The second-order valence-electron chi connectivity index (χ2n) is 4.69. The first kappa shape index (κ1) is 15.7. The number of sulfonamides is 1. The van der Waals surface area contributed by atoms with E-state index < -0.39 is 10.0 Å². The van der Waals surface area contributed by atoms with Crippen LogP contribution in [-0.2, 0) is 30.0 Å². The molecular weight excluding hydrogens is 294 g/mol. The quantitative estimate of drug-likeness (QED) is 0.685. The summed E-state index contributed by atoms with van der Waals surface area (Å²) < 4.78 is 29.9. The highest BCUT2D eigenvalue weighted by Gasteiger charge is 2.15. The maximum atomic E-state index is 12.1. The molecule has 0 aliphatic carbocycles. The minimum absolute atomic E-state index is 0.0469. The average Bonchev–Trinajstić information content (AvgIpc) is 3.06. The van der Waals surface area contributed by atoms with E-state index in [1.54, 1.807) is 10.9 Å². The summed E-state index contributed by atoms with van der Waals surface area (Å²) in [4.78, 5) is 0.131. The minimum atomic E-state index is -3.55. The van der Waals surface area contributed by atoms with E-state index in [2.05, 4.69) is 14.9 Å². The summed E-state index contributed by atoms with van der Waals surface area (Å²) in [7, 11) is -1.74. The number of aromatic nitrogens is 4. The summed E-state index contributed by atoms with van der Waals surface area (Å²) in [6, 6.07) is 0. The van der Waals surface area contributed by atoms with Crippen molar-refractivity contribution in [2.75, 3.05) is 13.2 Å². The van der Waals surface area contributed by atoms with Crippen LogP contribution in [0.25, 0.3) is 0 Å². The van der Waals surface area contributed by atoms with Crippen LogP contribution < -0.4 is 4.72 Å². The molecule has 0 bridgehead atoms. The lowest BCUT2D eigenvalue weighted by Gasteiger charge is -2.03. The van der Waals surface area contributed by atoms with Crippen molar-refractivity contribution < 1.29 is 13.5 Å². The highest BCUT2D eigenvalue weighted by atomic mass is 32.2. The van der Waals surface area contributed by atoms with E-state index in [-0.39, 0.29) is 11.5 Å². The minimum Gasteiger partial charge on any atom is -0.396 e. The molecule has 2 N–H and O–H groups in total. The molecule has 0 unspecified atom stereocenters. The average molecular weight is 313 g/mol. The van der Waals surface area contributed by atoms with Gasteiger partial charge in [-0.05, 0) is 18.4 Å². The fourth-order valence-electron chi connectivity index (χ4n) is 1.85. The topological polar surface area (TPSA) is 102 Å². The molecule has 2 aromatic rings. The maximum absolute atomic E-state index is 12.1. The van der Waals surface area contributed by atoms with Crippen LogP contribution in [0.1, 0.15) is 12.0 Å². The molecule has 0 amide bonds. The number of hydrogen-bond donors (Lipinski definition) is 2. The van der Waals surface area contributed by atoms with Crippen molar-refractivity contribution in [3.63, 3.8) is 0 Å². The standard InChI is InChI=1S/C12H19N5O3S/c1-16-9-11(7-13-16)3-4-15-21(19,20)12-8-14-17(10-12)5-2-6-18/h7-10,15,18H,2-6H2,1H3. The van der Waals surface area contributed by atoms with Crippen molar-refractivity contribution in [1.82, 2.24) is 24.3 Å². The first-order valence-electron chi connectivity index (χ1n) is 6.62. The number of rotatable bonds is 8. The molecule has 0 aliphatic rings. The number of aliphatic hydroxyl groups excluding tert-OH is 1. The number of nitrogens with one attached hydrogen (secondary N) is 1. The number of aliphatic hydroxyl groups is 1. The van der Waals surface area contributed by atoms with E-state index in [0.717, 1.165) is 5.56 Å². The molecule has 0 spiro atoms. The predicted molar refractivity (Wildman–Crippen MR) is 76.0 cm³/mol. The lowest BCUT2D eigenvalue weighted by Crippen LogP contribution is -2.25. The monoisotopic (exact) mass is 313 g/mol. The Morgan fingerprint density at radius 1 is 1.29 bits per heavy atom. The third-order valence-electron chi connectivity index (χ3n) is 2.93. The van der Waals surface area contributed by atoms with Crippen LogP contribution in [0.5, 0.6) is 0 Å². The Labute approximate surface area is 123 Å². The first-order chi connectivity index (χ1) is 10.0. The van der Waals surface area contributed by atoms with Gasteiger partial charge in [0.05, 0.1) is 12.4 Å². The zero-order valence-corrected chi connectivity index (χ0v) is 12.6. The van der Waals surface area contributed by atoms with Gasteiger partial charge in [0.25, 0.3) is 0 Å². The maximum Gasteiger partial charge on any atom is 0.243 e. The van der Waals surface area contributed by atoms with Gasteiger partial charge in [0.15, 0.2) is 0 Å². The molecule has 116 valence electrons. The number of hydrogen-bond acceptors (Lipinski definition) is 5. The van der Waals surface area contributed by atoms with Crippen LogP contribution >= 0.6 is 0 Å². The van der Waals surface area contributed by atoms with Crippen LogP contribution in [0.2, 0.25) is 0 Å². The van der Waals surface area contributed by atoms with Crippen molar-refractivity contribution in [3.05, 3.63) is 30.4 Å². The van der Waals surface area contributed by atoms with E-state index in [4.69, 9.17) is 5.11 Å². The van der Waals surface area contributed by atoms with Crippen LogP contribution in [0.15, 0.2) is 29.7 Å². The summed E-state index contributed by atoms with van der Waals surface area (Å²) in [6.07, 6.45) is 7.44. The summed E-state index contributed by atoms with van der Waals surface area (Å²) in [6.45, 7) is 0.836. The van der Waals surface area contributed by atoms with Crippen LogP contribution in [0.4, 0.5) is 0 Å². The van der Waals surface area contributed by atoms with Gasteiger partial charge in [0, 0.05) is 39.1 Å². The van der Waals surface area contributed by atoms with Gasteiger partial charge < -0.3 is 5.11 Å². The van der Waals surface area contributed by atoms with E-state index >= 15 is 0 Å². The van der Waals surface area contributed by atoms with Gasteiger partial charge in [-0.2, -0.15) is 10.2 Å². The largest absolute Gasteiger partial charge is 0.396 e. The molecule has 2 rings (SSSR count). The lowest BCUT2D eigenvalue weighted by atomic mass is 10.3. The van der Waals surface area contributed by atoms with Crippen LogP contribution in [-0.4, -0.2) is 46.2 Å². The SMILES string of the molecule is Cn1cc(CCNS(=O)(=O)c2cnn(CCCO)c2)cn1. The highest BCUT2D eigenvalue weighted by molar-refractivity contribution is 7.89. The Morgan fingerprint density at radius 2 is 2.10 bits per heavy atom. The highest BCUT2D eigenvalue weighted by Crippen LogP contribution is 2.07. The molecule has 0 saturated heterocycles. The van der Waals surface area contributed by atoms with Crippen molar-refractivity contribution >= 4 is 10.0 Å². The Kier molecular flexibility index (Phi) is 5.10. The van der Waals surface area contributed by atoms with Gasteiger partial charge in [-0.1, -0.05) is 0 Å². The smallest absolute Gasteiger partial charge is 0.243 e. The molecule has 2 aromatic heterocycles. The van der Waals surface area contributed by atoms with Gasteiger partial charge in [0.2, 0.25) is 10.0 Å². The Bertz CT molecular complexity index is 677. The molecule has 0 atom stereocenters. The van der Waals surface area contributed by atoms with Crippen molar-refractivity contribution in [1.29, 1.82) is 0 Å². The van der Waals surface area contributed by atoms with E-state index in [1.807, 2.05) is 13.2 Å². The summed E-state index contributed by atoms with van der Waals surface area (Å²) in [5.41, 5.74) is 0.971. The molecule has 2 heterocycles. The van der Waals surface area contributed by atoms with Gasteiger partial charge >= 0.3 is 0 Å². The fraction of sp³-hybridized carbons (Fsp3) is 0.500. The molecule has 9 heteroatoms. The second kappa shape index (κ2) is 6.83. The van der Waals surface area contributed by atoms with Gasteiger partial charge in [-0.25, -0.2) is 13.1 Å². The van der Waals surface area contributed by atoms with E-state index in [0.29, 0.717) is 25.9 Å². The van der Waals surface area contributed by atoms with Crippen LogP contribution in [0.3, 0.4) is 0 Å². The summed E-state index contributed by atoms with van der Waals surface area (Å²) >= 11 is 0. The molecule has 0 saturated carbocycles. The molecule has 21 heavy (non-hydrogen) atoms. The van der Waals surface area contributed by atoms with Gasteiger partial charge in [-0.3, -0.25) is 9.36 Å². The van der Waals surface area contributed by atoms with E-state index in [1.165, 1.54) is 17.1 Å². The normalized spacial score (nSPS) is 11.9. The molecule has 0 radical (unpaired) electrons. The van der Waals surface area contributed by atoms with Gasteiger partial charge in [0.1, 0.15) is 4.90 Å². The lowest BCUT2D eigenvalue weighted by molar-refractivity contribution is 0.277. The third kappa shape index (κ3) is 4.38. The van der Waals surface area contributed by atoms with Crippen molar-refractivity contribution in [2.24, 2.45) is 7.05 Å². The molecule has 0 aliphatic heterocycles. The van der Waals surface area contributed by atoms with Crippen molar-refractivity contribution in [3.8, 4) is 0 Å². The van der Waals surface area contributed by atoms with Gasteiger partial charge in [-0.15, -0.1) is 0 Å². The zero-order chi connectivity index (χ0) is 15.3. The fourth-order valence-corrected chi connectivity index (χ4v) is 2.84. The molecule has 0 aromatic carbocycles. The molecule has 0 fully saturated rings. The zero-order valence-electron chi connectivity index (χ0n) is 11.8. The summed E-state index contributed by atoms with van der Waals surface area (Å²) in [5, 5.41) is 16.7. The Hall–Kier alpha value is -1.71. The van der Waals surface area contributed by atoms with Crippen molar-refractivity contribution in [2.45, 2.75) is 24.3 Å². The molecule has 8 nitrogen and oxygen atoms in total. The number of nitrogens with zero attached hydrogens (tertiary/aromatic N) is 4. The second-order valence-corrected chi connectivity index (χ2v) is 6.45. The predicted octanol–water partition coefficient (Wildman–Crippen LogP) is -0.480. The van der Waals surface area contributed by atoms with E-state index in [9.17, 15) is 8.42 Å².